The number of aromatic carboxylic acids is 2. The van der Waals surface area contributed by atoms with E-state index in [-0.39, 0.29) is 16.9 Å². The maximum Gasteiger partial charge on any atom is 0.336 e. The minimum atomic E-state index is -1.38. The summed E-state index contributed by atoms with van der Waals surface area (Å²) in [6, 6.07) is 3.50. The molecular weight excluding hydrogens is 292 g/mol. The molecule has 0 radical (unpaired) electrons. The first-order valence-corrected chi connectivity index (χ1v) is 5.55. The molecule has 0 aliphatic heterocycles. The van der Waals surface area contributed by atoms with Gasteiger partial charge < -0.3 is 10.2 Å². The van der Waals surface area contributed by atoms with Crippen molar-refractivity contribution in [3.05, 3.63) is 34.9 Å². The van der Waals surface area contributed by atoms with E-state index in [2.05, 4.69) is 15.9 Å². The number of benzene rings is 1. The highest BCUT2D eigenvalue weighted by Crippen LogP contribution is 2.16. The number of halogens is 1. The molecule has 2 N–H and O–H groups in total. The molecule has 0 saturated heterocycles. The highest BCUT2D eigenvalue weighted by molar-refractivity contribution is 9.10. The van der Waals surface area contributed by atoms with E-state index in [0.717, 1.165) is 12.1 Å². The molecule has 1 aromatic carbocycles. The van der Waals surface area contributed by atoms with Gasteiger partial charge in [-0.2, -0.15) is 0 Å². The SMILES string of the molecule is CC(Br)C(=O)c1ccc(C(=O)O)c(C(=O)O)c1. The first-order chi connectivity index (χ1) is 7.84. The molecule has 0 aliphatic rings. The fourth-order valence-corrected chi connectivity index (χ4v) is 1.55. The standard InChI is InChI=1S/C11H9BrO5/c1-5(12)9(13)6-2-3-7(10(14)15)8(4-6)11(16)17/h2-5H,1H3,(H,14,15)(H,16,17). The van der Waals surface area contributed by atoms with Crippen LogP contribution >= 0.6 is 15.9 Å². The fraction of sp³-hybridized carbons (Fsp3) is 0.182. The Bertz CT molecular complexity index is 493. The van der Waals surface area contributed by atoms with E-state index in [9.17, 15) is 14.4 Å². The third-order valence-corrected chi connectivity index (χ3v) is 2.54. The van der Waals surface area contributed by atoms with Crippen molar-refractivity contribution in [1.82, 2.24) is 0 Å². The number of hydrogen-bond acceptors (Lipinski definition) is 3. The summed E-state index contributed by atoms with van der Waals surface area (Å²) in [5.41, 5.74) is -0.565. The van der Waals surface area contributed by atoms with Crippen molar-refractivity contribution in [3.8, 4) is 0 Å². The van der Waals surface area contributed by atoms with Crippen molar-refractivity contribution in [1.29, 1.82) is 0 Å². The molecule has 0 bridgehead atoms. The summed E-state index contributed by atoms with van der Waals surface area (Å²) in [6.45, 7) is 1.61. The highest BCUT2D eigenvalue weighted by atomic mass is 79.9. The van der Waals surface area contributed by atoms with E-state index in [1.165, 1.54) is 6.07 Å². The van der Waals surface area contributed by atoms with Gasteiger partial charge in [0.1, 0.15) is 0 Å². The number of carbonyl (C=O) groups is 3. The van der Waals surface area contributed by atoms with E-state index in [0.29, 0.717) is 0 Å². The maximum atomic E-state index is 11.6. The summed E-state index contributed by atoms with van der Waals surface area (Å²) in [5.74, 6) is -3.02. The summed E-state index contributed by atoms with van der Waals surface area (Å²) < 4.78 is 0. The van der Waals surface area contributed by atoms with Crippen LogP contribution in [0.1, 0.15) is 38.0 Å². The Morgan fingerprint density at radius 2 is 1.65 bits per heavy atom. The minimum Gasteiger partial charge on any atom is -0.478 e. The Hall–Kier alpha value is -1.69. The van der Waals surface area contributed by atoms with Crippen LogP contribution in [-0.2, 0) is 0 Å². The van der Waals surface area contributed by atoms with Crippen molar-refractivity contribution in [2.24, 2.45) is 0 Å². The molecule has 0 spiro atoms. The van der Waals surface area contributed by atoms with Crippen LogP contribution in [0.25, 0.3) is 0 Å². The molecule has 6 heteroatoms. The van der Waals surface area contributed by atoms with Crippen LogP contribution in [0.2, 0.25) is 0 Å². The number of ketones is 1. The first-order valence-electron chi connectivity index (χ1n) is 4.63. The molecule has 90 valence electrons. The summed E-state index contributed by atoms with van der Waals surface area (Å²) in [4.78, 5) is 32.8. The molecule has 0 aromatic heterocycles. The second-order valence-corrected chi connectivity index (χ2v) is 4.72. The van der Waals surface area contributed by atoms with E-state index in [1.807, 2.05) is 0 Å². The van der Waals surface area contributed by atoms with Gasteiger partial charge in [-0.1, -0.05) is 22.0 Å². The molecule has 0 fully saturated rings. The Labute approximate surface area is 105 Å². The lowest BCUT2D eigenvalue weighted by atomic mass is 10.0. The second-order valence-electron chi connectivity index (χ2n) is 3.35. The van der Waals surface area contributed by atoms with Crippen LogP contribution in [0, 0.1) is 0 Å². The number of carboxylic acids is 2. The lowest BCUT2D eigenvalue weighted by molar-refractivity contribution is 0.0651. The zero-order valence-electron chi connectivity index (χ0n) is 8.81. The van der Waals surface area contributed by atoms with Crippen LogP contribution in [0.3, 0.4) is 0 Å². The molecular formula is C11H9BrO5. The van der Waals surface area contributed by atoms with Gasteiger partial charge in [0, 0.05) is 5.56 Å². The molecule has 0 aliphatic carbocycles. The molecule has 1 aromatic rings. The van der Waals surface area contributed by atoms with Crippen LogP contribution in [0.5, 0.6) is 0 Å². The van der Waals surface area contributed by atoms with Crippen molar-refractivity contribution in [2.45, 2.75) is 11.8 Å². The van der Waals surface area contributed by atoms with Gasteiger partial charge >= 0.3 is 11.9 Å². The number of rotatable bonds is 4. The van der Waals surface area contributed by atoms with Crippen LogP contribution in [0.15, 0.2) is 18.2 Å². The highest BCUT2D eigenvalue weighted by Gasteiger charge is 2.19. The number of Topliss-reactive ketones (excluding diaryl/α,β-unsaturated/α-hetero) is 1. The van der Waals surface area contributed by atoms with E-state index in [1.54, 1.807) is 6.92 Å². The number of carboxylic acid groups (broad SMARTS) is 2. The summed E-state index contributed by atoms with van der Waals surface area (Å²) in [7, 11) is 0. The van der Waals surface area contributed by atoms with Gasteiger partial charge in [0.25, 0.3) is 0 Å². The largest absolute Gasteiger partial charge is 0.478 e. The normalized spacial score (nSPS) is 11.9. The minimum absolute atomic E-state index is 0.164. The Morgan fingerprint density at radius 1 is 1.12 bits per heavy atom. The first kappa shape index (κ1) is 13.4. The van der Waals surface area contributed by atoms with Crippen molar-refractivity contribution in [2.75, 3.05) is 0 Å². The average Bonchev–Trinajstić information content (AvgIpc) is 2.26. The summed E-state index contributed by atoms with van der Waals surface area (Å²) in [5, 5.41) is 17.7. The Balaban J connectivity index is 3.33. The van der Waals surface area contributed by atoms with Crippen molar-refractivity contribution < 1.29 is 24.6 Å². The lowest BCUT2D eigenvalue weighted by Crippen LogP contribution is -2.14. The number of hydrogen-bond donors (Lipinski definition) is 2. The smallest absolute Gasteiger partial charge is 0.336 e. The summed E-state index contributed by atoms with van der Waals surface area (Å²) >= 11 is 3.07. The molecule has 17 heavy (non-hydrogen) atoms. The zero-order valence-corrected chi connectivity index (χ0v) is 10.4. The molecule has 0 amide bonds. The maximum absolute atomic E-state index is 11.6. The van der Waals surface area contributed by atoms with Gasteiger partial charge in [0.15, 0.2) is 5.78 Å². The summed E-state index contributed by atoms with van der Waals surface area (Å²) in [6.07, 6.45) is 0. The monoisotopic (exact) mass is 300 g/mol. The third kappa shape index (κ3) is 2.91. The third-order valence-electron chi connectivity index (χ3n) is 2.13. The predicted molar refractivity (Wildman–Crippen MR) is 63.1 cm³/mol. The van der Waals surface area contributed by atoms with E-state index >= 15 is 0 Å². The molecule has 0 heterocycles. The Morgan fingerprint density at radius 3 is 2.06 bits per heavy atom. The average molecular weight is 301 g/mol. The number of alkyl halides is 1. The van der Waals surface area contributed by atoms with Crippen molar-refractivity contribution in [3.63, 3.8) is 0 Å². The van der Waals surface area contributed by atoms with Gasteiger partial charge in [-0.15, -0.1) is 0 Å². The topological polar surface area (TPSA) is 91.7 Å². The van der Waals surface area contributed by atoms with Gasteiger partial charge in [0.2, 0.25) is 0 Å². The zero-order chi connectivity index (χ0) is 13.2. The van der Waals surface area contributed by atoms with Crippen molar-refractivity contribution >= 4 is 33.7 Å². The molecule has 1 rings (SSSR count). The molecule has 5 nitrogen and oxygen atoms in total. The van der Waals surface area contributed by atoms with Gasteiger partial charge in [0.05, 0.1) is 16.0 Å². The van der Waals surface area contributed by atoms with Crippen LogP contribution < -0.4 is 0 Å². The second kappa shape index (κ2) is 5.09. The van der Waals surface area contributed by atoms with Gasteiger partial charge in [-0.25, -0.2) is 9.59 Å². The van der Waals surface area contributed by atoms with Crippen LogP contribution in [0.4, 0.5) is 0 Å². The Kier molecular flexibility index (Phi) is 4.01. The number of carbonyl (C=O) groups excluding carboxylic acids is 1. The van der Waals surface area contributed by atoms with Crippen LogP contribution in [-0.4, -0.2) is 32.8 Å². The van der Waals surface area contributed by atoms with Gasteiger partial charge in [-0.05, 0) is 19.1 Å². The van der Waals surface area contributed by atoms with E-state index in [4.69, 9.17) is 10.2 Å². The lowest BCUT2D eigenvalue weighted by Gasteiger charge is -2.06. The molecule has 1 unspecified atom stereocenters. The van der Waals surface area contributed by atoms with E-state index < -0.39 is 22.3 Å². The molecule has 1 atom stereocenters. The van der Waals surface area contributed by atoms with Gasteiger partial charge in [-0.3, -0.25) is 4.79 Å². The quantitative estimate of drug-likeness (QED) is 0.656. The molecule has 0 saturated carbocycles. The fourth-order valence-electron chi connectivity index (χ4n) is 1.29. The predicted octanol–water partition coefficient (Wildman–Crippen LogP) is 2.05.